The molecule has 1 aromatic rings. The molecule has 1 unspecified atom stereocenters. The molecule has 1 atom stereocenters. The number of benzene rings is 1. The molecule has 116 valence electrons. The topological polar surface area (TPSA) is 66.4 Å². The van der Waals surface area contributed by atoms with Gasteiger partial charge in [-0.1, -0.05) is 37.0 Å². The van der Waals surface area contributed by atoms with Gasteiger partial charge in [0.1, 0.15) is 0 Å². The fourth-order valence-electron chi connectivity index (χ4n) is 1.68. The summed E-state index contributed by atoms with van der Waals surface area (Å²) < 4.78 is 0.615. The molecule has 1 aromatic carbocycles. The van der Waals surface area contributed by atoms with Crippen LogP contribution in [-0.2, 0) is 9.59 Å². The van der Waals surface area contributed by atoms with Gasteiger partial charge in [-0.2, -0.15) is 0 Å². The fraction of sp³-hybridized carbons (Fsp3) is 0.429. The second-order valence-electron chi connectivity index (χ2n) is 5.33. The van der Waals surface area contributed by atoms with Gasteiger partial charge in [-0.3, -0.25) is 9.59 Å². The molecule has 0 aliphatic carbocycles. The Morgan fingerprint density at radius 1 is 1.33 bits per heavy atom. The maximum Gasteiger partial charge on any atom is 0.310 e. The number of carboxylic acids is 1. The van der Waals surface area contributed by atoms with Gasteiger partial charge >= 0.3 is 5.97 Å². The highest BCUT2D eigenvalue weighted by atomic mass is 79.9. The summed E-state index contributed by atoms with van der Waals surface area (Å²) in [6.45, 7) is 5.09. The average Bonchev–Trinajstić information content (AvgIpc) is 2.39. The summed E-state index contributed by atoms with van der Waals surface area (Å²) in [5.74, 6) is -1.62. The lowest BCUT2D eigenvalue weighted by atomic mass is 9.76. The summed E-state index contributed by atoms with van der Waals surface area (Å²) in [5.41, 5.74) is -0.790. The smallest absolute Gasteiger partial charge is 0.310 e. The van der Waals surface area contributed by atoms with Crippen LogP contribution in [0.1, 0.15) is 27.2 Å². The third-order valence-electron chi connectivity index (χ3n) is 3.60. The molecule has 0 aromatic heterocycles. The van der Waals surface area contributed by atoms with Crippen LogP contribution < -0.4 is 5.32 Å². The molecule has 0 radical (unpaired) electrons. The van der Waals surface area contributed by atoms with Gasteiger partial charge in [-0.05, 0) is 40.9 Å². The highest BCUT2D eigenvalue weighted by Crippen LogP contribution is 2.37. The summed E-state index contributed by atoms with van der Waals surface area (Å²) in [6.07, 6.45) is -0.149. The van der Waals surface area contributed by atoms with Crippen molar-refractivity contribution in [2.75, 3.05) is 5.32 Å². The quantitative estimate of drug-likeness (QED) is 0.700. The van der Waals surface area contributed by atoms with E-state index in [4.69, 9.17) is 23.2 Å². The Kier molecular flexibility index (Phi) is 6.08. The zero-order valence-electron chi connectivity index (χ0n) is 11.8. The van der Waals surface area contributed by atoms with Gasteiger partial charge < -0.3 is 10.4 Å². The molecule has 0 aliphatic heterocycles. The lowest BCUT2D eigenvalue weighted by molar-refractivity contribution is -0.153. The van der Waals surface area contributed by atoms with Gasteiger partial charge in [0, 0.05) is 10.9 Å². The largest absolute Gasteiger partial charge is 0.481 e. The number of hydrogen-bond donors (Lipinski definition) is 2. The van der Waals surface area contributed by atoms with Crippen LogP contribution in [0, 0.1) is 11.3 Å². The van der Waals surface area contributed by atoms with Crippen LogP contribution in [0.2, 0.25) is 10.0 Å². The van der Waals surface area contributed by atoms with E-state index in [0.29, 0.717) is 15.2 Å². The van der Waals surface area contributed by atoms with E-state index >= 15 is 0 Å². The normalized spacial score (nSPS) is 13.9. The van der Waals surface area contributed by atoms with Crippen molar-refractivity contribution in [1.82, 2.24) is 0 Å². The van der Waals surface area contributed by atoms with Crippen LogP contribution in [0.25, 0.3) is 0 Å². The molecule has 1 rings (SSSR count). The maximum atomic E-state index is 12.1. The Balaban J connectivity index is 2.93. The molecule has 0 saturated carbocycles. The number of anilines is 1. The summed E-state index contributed by atoms with van der Waals surface area (Å²) in [7, 11) is 0. The Labute approximate surface area is 141 Å². The summed E-state index contributed by atoms with van der Waals surface area (Å²) in [4.78, 5) is 23.5. The van der Waals surface area contributed by atoms with Crippen molar-refractivity contribution in [3.8, 4) is 0 Å². The average molecular weight is 397 g/mol. The van der Waals surface area contributed by atoms with Crippen molar-refractivity contribution in [3.05, 3.63) is 26.7 Å². The van der Waals surface area contributed by atoms with Crippen molar-refractivity contribution < 1.29 is 14.7 Å². The number of carbonyl (C=O) groups is 2. The third-order valence-corrected chi connectivity index (χ3v) is 5.37. The fourth-order valence-corrected chi connectivity index (χ4v) is 2.50. The number of hydrogen-bond acceptors (Lipinski definition) is 2. The van der Waals surface area contributed by atoms with E-state index in [-0.39, 0.29) is 17.4 Å². The molecule has 1 amide bonds. The summed E-state index contributed by atoms with van der Waals surface area (Å²) in [6, 6.07) is 3.26. The molecule has 7 heteroatoms. The molecule has 21 heavy (non-hydrogen) atoms. The summed E-state index contributed by atoms with van der Waals surface area (Å²) >= 11 is 15.2. The second kappa shape index (κ2) is 6.99. The third kappa shape index (κ3) is 4.11. The molecule has 0 saturated heterocycles. The molecule has 2 N–H and O–H groups in total. The lowest BCUT2D eigenvalue weighted by Gasteiger charge is -2.28. The van der Waals surface area contributed by atoms with Crippen LogP contribution >= 0.6 is 39.1 Å². The predicted molar refractivity (Wildman–Crippen MR) is 88.0 cm³/mol. The van der Waals surface area contributed by atoms with Crippen LogP contribution in [0.4, 0.5) is 5.69 Å². The zero-order chi connectivity index (χ0) is 16.4. The first-order valence-corrected chi connectivity index (χ1v) is 7.81. The molecule has 0 aliphatic rings. The first-order valence-electron chi connectivity index (χ1n) is 6.26. The predicted octanol–water partition coefficient (Wildman–Crippen LogP) is 4.83. The van der Waals surface area contributed by atoms with Gasteiger partial charge in [0.2, 0.25) is 5.91 Å². The molecular formula is C14H16BrCl2NO3. The highest BCUT2D eigenvalue weighted by Gasteiger charge is 2.38. The van der Waals surface area contributed by atoms with E-state index in [1.807, 2.05) is 0 Å². The minimum atomic E-state index is -1.14. The van der Waals surface area contributed by atoms with Crippen LogP contribution in [0.5, 0.6) is 0 Å². The monoisotopic (exact) mass is 395 g/mol. The number of rotatable bonds is 5. The zero-order valence-corrected chi connectivity index (χ0v) is 14.9. The Morgan fingerprint density at radius 3 is 2.38 bits per heavy atom. The number of aliphatic carboxylic acids is 1. The van der Waals surface area contributed by atoms with Gasteiger partial charge in [-0.15, -0.1) is 0 Å². The first kappa shape index (κ1) is 18.3. The van der Waals surface area contributed by atoms with E-state index in [9.17, 15) is 14.7 Å². The van der Waals surface area contributed by atoms with Crippen LogP contribution in [0.15, 0.2) is 16.6 Å². The summed E-state index contributed by atoms with van der Waals surface area (Å²) in [5, 5.41) is 12.4. The van der Waals surface area contributed by atoms with Gasteiger partial charge in [0.05, 0.1) is 21.1 Å². The molecule has 4 nitrogen and oxygen atoms in total. The minimum absolute atomic E-state index is 0.149. The van der Waals surface area contributed by atoms with E-state index in [1.54, 1.807) is 32.9 Å². The molecule has 0 heterocycles. The Bertz CT molecular complexity index is 578. The minimum Gasteiger partial charge on any atom is -0.481 e. The molecule has 0 fully saturated rings. The molecule has 0 spiro atoms. The Morgan fingerprint density at radius 2 is 1.90 bits per heavy atom. The van der Waals surface area contributed by atoms with Crippen molar-refractivity contribution in [3.63, 3.8) is 0 Å². The SMILES string of the molecule is CC(C)C(C)(CC(=O)Nc1ccc(Br)c(Cl)c1Cl)C(=O)O. The van der Waals surface area contributed by atoms with E-state index in [2.05, 4.69) is 21.2 Å². The van der Waals surface area contributed by atoms with Gasteiger partial charge in [0.15, 0.2) is 0 Å². The highest BCUT2D eigenvalue weighted by molar-refractivity contribution is 9.10. The van der Waals surface area contributed by atoms with Crippen molar-refractivity contribution in [1.29, 1.82) is 0 Å². The molecule has 0 bridgehead atoms. The molecular weight excluding hydrogens is 381 g/mol. The first-order chi connectivity index (χ1) is 9.59. The van der Waals surface area contributed by atoms with Crippen molar-refractivity contribution in [2.24, 2.45) is 11.3 Å². The van der Waals surface area contributed by atoms with E-state index in [0.717, 1.165) is 0 Å². The second-order valence-corrected chi connectivity index (χ2v) is 6.94. The van der Waals surface area contributed by atoms with Crippen molar-refractivity contribution >= 4 is 56.7 Å². The van der Waals surface area contributed by atoms with Gasteiger partial charge in [-0.25, -0.2) is 0 Å². The van der Waals surface area contributed by atoms with Crippen LogP contribution in [0.3, 0.4) is 0 Å². The van der Waals surface area contributed by atoms with Gasteiger partial charge in [0.25, 0.3) is 0 Å². The van der Waals surface area contributed by atoms with E-state index < -0.39 is 17.3 Å². The van der Waals surface area contributed by atoms with E-state index in [1.165, 1.54) is 0 Å². The number of carbonyl (C=O) groups excluding carboxylic acids is 1. The lowest BCUT2D eigenvalue weighted by Crippen LogP contribution is -2.37. The number of amides is 1. The number of halogens is 3. The number of carboxylic acid groups (broad SMARTS) is 1. The number of nitrogens with one attached hydrogen (secondary N) is 1. The maximum absolute atomic E-state index is 12.1. The van der Waals surface area contributed by atoms with Crippen molar-refractivity contribution in [2.45, 2.75) is 27.2 Å². The van der Waals surface area contributed by atoms with Crippen LogP contribution in [-0.4, -0.2) is 17.0 Å². The Hall–Kier alpha value is -0.780. The standard InChI is InChI=1S/C14H16BrCl2NO3/c1-7(2)14(3,13(20)21)6-10(19)18-9-5-4-8(15)11(16)12(9)17/h4-5,7H,6H2,1-3H3,(H,18,19)(H,20,21).